The number of amides is 1. The predicted octanol–water partition coefficient (Wildman–Crippen LogP) is 1.26. The van der Waals surface area contributed by atoms with Gasteiger partial charge in [0.1, 0.15) is 0 Å². The van der Waals surface area contributed by atoms with Gasteiger partial charge in [-0.05, 0) is 18.2 Å². The minimum atomic E-state index is -3.61. The monoisotopic (exact) mass is 419 g/mol. The predicted molar refractivity (Wildman–Crippen MR) is 110 cm³/mol. The van der Waals surface area contributed by atoms with Gasteiger partial charge in [0.15, 0.2) is 12.4 Å². The molecule has 1 aromatic heterocycles. The first kappa shape index (κ1) is 21.2. The Balaban J connectivity index is 1.73. The molecule has 1 saturated heterocycles. The fourth-order valence-electron chi connectivity index (χ4n) is 3.04. The van der Waals surface area contributed by atoms with Crippen LogP contribution in [0.2, 0.25) is 0 Å². The lowest BCUT2D eigenvalue weighted by molar-refractivity contribution is -0.705. The minimum Gasteiger partial charge on any atom is -0.379 e. The quantitative estimate of drug-likeness (QED) is 0.713. The van der Waals surface area contributed by atoms with Gasteiger partial charge in [0.05, 0.1) is 18.1 Å². The van der Waals surface area contributed by atoms with Crippen LogP contribution in [-0.4, -0.2) is 59.0 Å². The van der Waals surface area contributed by atoms with Gasteiger partial charge in [-0.25, -0.2) is 8.42 Å². The minimum absolute atomic E-state index is 0.160. The molecule has 29 heavy (non-hydrogen) atoms. The van der Waals surface area contributed by atoms with Crippen molar-refractivity contribution in [2.75, 3.05) is 50.6 Å². The highest BCUT2D eigenvalue weighted by Gasteiger charge is 2.27. The highest BCUT2D eigenvalue weighted by Crippen LogP contribution is 2.21. The molecule has 1 N–H and O–H groups in total. The Kier molecular flexibility index (Phi) is 6.51. The van der Waals surface area contributed by atoms with E-state index in [0.717, 1.165) is 5.69 Å². The van der Waals surface area contributed by atoms with Crippen molar-refractivity contribution in [3.05, 3.63) is 48.8 Å². The molecule has 2 aromatic rings. The maximum atomic E-state index is 12.8. The summed E-state index contributed by atoms with van der Waals surface area (Å²) in [5.41, 5.74) is 1.48. The molecule has 0 bridgehead atoms. The number of rotatable bonds is 6. The van der Waals surface area contributed by atoms with Crippen molar-refractivity contribution < 1.29 is 22.5 Å². The first-order valence-corrected chi connectivity index (χ1v) is 10.9. The van der Waals surface area contributed by atoms with Crippen LogP contribution in [0.3, 0.4) is 0 Å². The Morgan fingerprint density at radius 1 is 1.17 bits per heavy atom. The molecule has 156 valence electrons. The Hall–Kier alpha value is -2.49. The topological polar surface area (TPSA) is 82.8 Å². The van der Waals surface area contributed by atoms with Crippen LogP contribution in [0.25, 0.3) is 0 Å². The average molecular weight is 420 g/mol. The van der Waals surface area contributed by atoms with Gasteiger partial charge in [-0.1, -0.05) is 6.07 Å². The zero-order chi connectivity index (χ0) is 21.0. The smallest absolute Gasteiger partial charge is 0.293 e. The van der Waals surface area contributed by atoms with Gasteiger partial charge in [0.2, 0.25) is 16.1 Å². The summed E-state index contributed by atoms with van der Waals surface area (Å²) in [4.78, 5) is 14.8. The summed E-state index contributed by atoms with van der Waals surface area (Å²) in [6.07, 6.45) is 3.69. The number of nitrogens with zero attached hydrogens (tertiary/aromatic N) is 3. The number of aromatic nitrogens is 1. The average Bonchev–Trinajstić information content (AvgIpc) is 2.74. The second-order valence-corrected chi connectivity index (χ2v) is 9.05. The second kappa shape index (κ2) is 8.89. The van der Waals surface area contributed by atoms with Crippen molar-refractivity contribution in [3.8, 4) is 0 Å². The number of pyridine rings is 1. The van der Waals surface area contributed by atoms with Gasteiger partial charge >= 0.3 is 0 Å². The lowest BCUT2D eigenvalue weighted by Crippen LogP contribution is -2.44. The molecule has 0 aliphatic carbocycles. The molecule has 1 aliphatic rings. The Morgan fingerprint density at radius 2 is 1.83 bits per heavy atom. The summed E-state index contributed by atoms with van der Waals surface area (Å²) < 4.78 is 34.1. The van der Waals surface area contributed by atoms with E-state index in [9.17, 15) is 13.2 Å². The van der Waals surface area contributed by atoms with Gasteiger partial charge in [-0.2, -0.15) is 8.87 Å². The molecule has 3 rings (SSSR count). The summed E-state index contributed by atoms with van der Waals surface area (Å²) in [5.74, 6) is -0.228. The number of morpholine rings is 1. The molecule has 1 amide bonds. The number of sulfonamides is 1. The maximum Gasteiger partial charge on any atom is 0.293 e. The third-order valence-electron chi connectivity index (χ3n) is 4.89. The number of nitrogens with one attached hydrogen (secondary N) is 1. The van der Waals surface area contributed by atoms with Gasteiger partial charge in [-0.15, -0.1) is 0 Å². The van der Waals surface area contributed by atoms with E-state index in [4.69, 9.17) is 4.74 Å². The number of ether oxygens (including phenoxy) is 1. The van der Waals surface area contributed by atoms with Crippen molar-refractivity contribution in [1.82, 2.24) is 4.31 Å². The fraction of sp³-hybridized carbons (Fsp3) is 0.400. The van der Waals surface area contributed by atoms with E-state index >= 15 is 0 Å². The van der Waals surface area contributed by atoms with Gasteiger partial charge in [-0.3, -0.25) is 4.79 Å². The molecular weight excluding hydrogens is 392 g/mol. The van der Waals surface area contributed by atoms with Gasteiger partial charge < -0.3 is 15.0 Å². The van der Waals surface area contributed by atoms with E-state index in [0.29, 0.717) is 32.0 Å². The zero-order valence-electron chi connectivity index (χ0n) is 16.9. The standard InChI is InChI=1S/C20H26N4O4S/c1-16(23-9-7-18(8-10-23)22(2)3)20(25)21-17-5-4-6-19(15-17)29(26,27)24-11-13-28-14-12-24/h4-10,15-16H,11-14H2,1-3H3/p+1/t16-/m0/s1. The van der Waals surface area contributed by atoms with E-state index in [2.05, 4.69) is 5.32 Å². The first-order valence-electron chi connectivity index (χ1n) is 9.46. The molecule has 0 spiro atoms. The SMILES string of the molecule is C[C@@H](C(=O)Nc1cccc(S(=O)(=O)N2CCOCC2)c1)[n+]1ccc(N(C)C)cc1. The van der Waals surface area contributed by atoms with Crippen molar-refractivity contribution in [1.29, 1.82) is 0 Å². The van der Waals surface area contributed by atoms with E-state index in [1.54, 1.807) is 29.7 Å². The summed E-state index contributed by atoms with van der Waals surface area (Å²) >= 11 is 0. The summed E-state index contributed by atoms with van der Waals surface area (Å²) in [7, 11) is 0.291. The molecule has 1 aromatic carbocycles. The van der Waals surface area contributed by atoms with Crippen molar-refractivity contribution in [3.63, 3.8) is 0 Å². The van der Waals surface area contributed by atoms with Gasteiger partial charge in [0, 0.05) is 57.6 Å². The second-order valence-electron chi connectivity index (χ2n) is 7.11. The summed E-state index contributed by atoms with van der Waals surface area (Å²) in [5, 5.41) is 2.82. The number of benzene rings is 1. The highest BCUT2D eigenvalue weighted by molar-refractivity contribution is 7.89. The zero-order valence-corrected chi connectivity index (χ0v) is 17.7. The molecule has 1 atom stereocenters. The van der Waals surface area contributed by atoms with Crippen molar-refractivity contribution in [2.24, 2.45) is 0 Å². The third-order valence-corrected chi connectivity index (χ3v) is 6.78. The van der Waals surface area contributed by atoms with Crippen LogP contribution in [0, 0.1) is 0 Å². The number of anilines is 2. The van der Waals surface area contributed by atoms with Crippen LogP contribution in [-0.2, 0) is 19.6 Å². The number of carbonyl (C=O) groups is 1. The summed E-state index contributed by atoms with van der Waals surface area (Å²) in [6, 6.07) is 9.76. The molecule has 2 heterocycles. The lowest BCUT2D eigenvalue weighted by Gasteiger charge is -2.26. The number of hydrogen-bond acceptors (Lipinski definition) is 5. The molecule has 8 nitrogen and oxygen atoms in total. The molecule has 0 radical (unpaired) electrons. The Morgan fingerprint density at radius 3 is 2.45 bits per heavy atom. The lowest BCUT2D eigenvalue weighted by atomic mass is 10.2. The van der Waals surface area contributed by atoms with Crippen molar-refractivity contribution >= 4 is 27.3 Å². The maximum absolute atomic E-state index is 12.8. The largest absolute Gasteiger partial charge is 0.379 e. The highest BCUT2D eigenvalue weighted by atomic mass is 32.2. The first-order chi connectivity index (χ1) is 13.8. The van der Waals surface area contributed by atoms with Gasteiger partial charge in [0.25, 0.3) is 5.91 Å². The van der Waals surface area contributed by atoms with Crippen LogP contribution in [0.15, 0.2) is 53.7 Å². The molecule has 0 saturated carbocycles. The Labute approximate surface area is 171 Å². The normalized spacial score (nSPS) is 16.2. The fourth-order valence-corrected chi connectivity index (χ4v) is 4.49. The summed E-state index contributed by atoms with van der Waals surface area (Å²) in [6.45, 7) is 3.22. The van der Waals surface area contributed by atoms with E-state index in [1.807, 2.05) is 43.5 Å². The van der Waals surface area contributed by atoms with Crippen molar-refractivity contribution in [2.45, 2.75) is 17.9 Å². The molecular formula is C20H27N4O4S+. The molecule has 1 aliphatic heterocycles. The van der Waals surface area contributed by atoms with Crippen LogP contribution in [0.4, 0.5) is 11.4 Å². The van der Waals surface area contributed by atoms with Crippen LogP contribution >= 0.6 is 0 Å². The van der Waals surface area contributed by atoms with Crippen LogP contribution in [0.5, 0.6) is 0 Å². The molecule has 0 unspecified atom stereocenters. The number of hydrogen-bond donors (Lipinski definition) is 1. The third kappa shape index (κ3) is 4.92. The number of carbonyl (C=O) groups excluding carboxylic acids is 1. The Bertz CT molecular complexity index is 955. The van der Waals surface area contributed by atoms with Crippen LogP contribution in [0.1, 0.15) is 13.0 Å². The van der Waals surface area contributed by atoms with Crippen LogP contribution < -0.4 is 14.8 Å². The van der Waals surface area contributed by atoms with E-state index in [-0.39, 0.29) is 10.8 Å². The van der Waals surface area contributed by atoms with E-state index < -0.39 is 16.1 Å². The molecule has 9 heteroatoms. The molecule has 1 fully saturated rings. The van der Waals surface area contributed by atoms with E-state index in [1.165, 1.54) is 10.4 Å².